The van der Waals surface area contributed by atoms with Gasteiger partial charge in [-0.1, -0.05) is 43.3 Å². The highest BCUT2D eigenvalue weighted by molar-refractivity contribution is 5.92. The lowest BCUT2D eigenvalue weighted by Crippen LogP contribution is -2.44. The van der Waals surface area contributed by atoms with Gasteiger partial charge in [-0.05, 0) is 49.1 Å². The molecule has 3 N–H and O–H groups in total. The number of nitrogens with one attached hydrogen (secondary N) is 1. The van der Waals surface area contributed by atoms with E-state index in [0.29, 0.717) is 12.5 Å². The minimum Gasteiger partial charge on any atom is -0.373 e. The molecule has 2 aromatic carbocycles. The summed E-state index contributed by atoms with van der Waals surface area (Å²) in [6.45, 7) is 9.81. The molecule has 150 valence electrons. The second-order valence-corrected chi connectivity index (χ2v) is 7.60. The van der Waals surface area contributed by atoms with Crippen molar-refractivity contribution in [3.05, 3.63) is 65.2 Å². The Morgan fingerprint density at radius 2 is 1.82 bits per heavy atom. The van der Waals surface area contributed by atoms with Crippen molar-refractivity contribution in [3.8, 4) is 0 Å². The van der Waals surface area contributed by atoms with Crippen molar-refractivity contribution in [1.29, 1.82) is 0 Å². The molecular formula is C23H32N4O. The molecular weight excluding hydrogens is 348 g/mol. The van der Waals surface area contributed by atoms with Crippen molar-refractivity contribution in [2.75, 3.05) is 18.4 Å². The number of aryl methyl sites for hydroxylation is 1. The highest BCUT2D eigenvalue weighted by Gasteiger charge is 2.22. The number of rotatable bonds is 6. The van der Waals surface area contributed by atoms with Gasteiger partial charge in [-0.3, -0.25) is 4.90 Å². The van der Waals surface area contributed by atoms with E-state index < -0.39 is 0 Å². The summed E-state index contributed by atoms with van der Waals surface area (Å²) in [5.41, 5.74) is 10.9. The molecule has 2 atom stereocenters. The Balaban J connectivity index is 1.64. The van der Waals surface area contributed by atoms with Crippen molar-refractivity contribution in [2.45, 2.75) is 52.5 Å². The van der Waals surface area contributed by atoms with E-state index in [4.69, 9.17) is 10.5 Å². The van der Waals surface area contributed by atoms with Gasteiger partial charge in [0.05, 0.1) is 18.8 Å². The lowest BCUT2D eigenvalue weighted by molar-refractivity contribution is -0.0705. The Labute approximate surface area is 168 Å². The number of guanidine groups is 1. The lowest BCUT2D eigenvalue weighted by Gasteiger charge is -2.35. The summed E-state index contributed by atoms with van der Waals surface area (Å²) in [4.78, 5) is 7.03. The number of aliphatic imine (C=N–C) groups is 1. The van der Waals surface area contributed by atoms with Crippen molar-refractivity contribution in [3.63, 3.8) is 0 Å². The van der Waals surface area contributed by atoms with Crippen LogP contribution in [0.5, 0.6) is 0 Å². The number of benzene rings is 2. The summed E-state index contributed by atoms with van der Waals surface area (Å²) in [5, 5.41) is 3.20. The Morgan fingerprint density at radius 1 is 1.11 bits per heavy atom. The molecule has 28 heavy (non-hydrogen) atoms. The first-order valence-electron chi connectivity index (χ1n) is 10.1. The van der Waals surface area contributed by atoms with Gasteiger partial charge >= 0.3 is 0 Å². The maximum absolute atomic E-state index is 6.13. The quantitative estimate of drug-likeness (QED) is 0.591. The van der Waals surface area contributed by atoms with E-state index in [2.05, 4.69) is 72.4 Å². The van der Waals surface area contributed by atoms with Gasteiger partial charge in [0.2, 0.25) is 0 Å². The molecule has 1 aliphatic heterocycles. The van der Waals surface area contributed by atoms with Gasteiger partial charge in [0, 0.05) is 25.3 Å². The molecule has 0 amide bonds. The number of anilines is 1. The second kappa shape index (κ2) is 9.71. The molecule has 0 spiro atoms. The van der Waals surface area contributed by atoms with E-state index in [1.807, 2.05) is 12.1 Å². The van der Waals surface area contributed by atoms with Crippen LogP contribution in [0.4, 0.5) is 5.69 Å². The van der Waals surface area contributed by atoms with Crippen LogP contribution in [0.2, 0.25) is 0 Å². The summed E-state index contributed by atoms with van der Waals surface area (Å²) >= 11 is 0. The monoisotopic (exact) mass is 380 g/mol. The first kappa shape index (κ1) is 20.4. The van der Waals surface area contributed by atoms with E-state index in [-0.39, 0.29) is 12.2 Å². The fraction of sp³-hybridized carbons (Fsp3) is 0.435. The fourth-order valence-electron chi connectivity index (χ4n) is 3.75. The SMILES string of the molecule is CCc1cccc(NC(N)=NCc2ccccc2CN2CC(C)OC(C)C2)c1. The van der Waals surface area contributed by atoms with Gasteiger partial charge in [0.15, 0.2) is 5.96 Å². The van der Waals surface area contributed by atoms with Crippen molar-refractivity contribution in [2.24, 2.45) is 10.7 Å². The highest BCUT2D eigenvalue weighted by Crippen LogP contribution is 2.18. The molecule has 2 unspecified atom stereocenters. The summed E-state index contributed by atoms with van der Waals surface area (Å²) in [7, 11) is 0. The third-order valence-electron chi connectivity index (χ3n) is 5.03. The molecule has 5 heteroatoms. The Bertz CT molecular complexity index is 795. The molecule has 0 radical (unpaired) electrons. The molecule has 1 aliphatic rings. The second-order valence-electron chi connectivity index (χ2n) is 7.60. The number of nitrogens with zero attached hydrogens (tertiary/aromatic N) is 2. The number of ether oxygens (including phenoxy) is 1. The van der Waals surface area contributed by atoms with Crippen LogP contribution in [0.1, 0.15) is 37.5 Å². The topological polar surface area (TPSA) is 62.9 Å². The molecule has 0 saturated carbocycles. The Hall–Kier alpha value is -2.37. The maximum atomic E-state index is 6.13. The Morgan fingerprint density at radius 3 is 2.54 bits per heavy atom. The summed E-state index contributed by atoms with van der Waals surface area (Å²) in [5.74, 6) is 0.441. The third kappa shape index (κ3) is 5.81. The highest BCUT2D eigenvalue weighted by atomic mass is 16.5. The van der Waals surface area contributed by atoms with Crippen LogP contribution in [0, 0.1) is 0 Å². The number of morpholine rings is 1. The van der Waals surface area contributed by atoms with Crippen LogP contribution in [0.25, 0.3) is 0 Å². The van der Waals surface area contributed by atoms with Crippen LogP contribution in [-0.4, -0.2) is 36.2 Å². The molecule has 1 heterocycles. The predicted molar refractivity (Wildman–Crippen MR) is 116 cm³/mol. The normalized spacial score (nSPS) is 20.9. The molecule has 2 aromatic rings. The molecule has 1 fully saturated rings. The molecule has 3 rings (SSSR count). The largest absolute Gasteiger partial charge is 0.373 e. The van der Waals surface area contributed by atoms with E-state index in [1.165, 1.54) is 16.7 Å². The number of hydrogen-bond acceptors (Lipinski definition) is 3. The molecule has 1 saturated heterocycles. The fourth-order valence-corrected chi connectivity index (χ4v) is 3.75. The van der Waals surface area contributed by atoms with Crippen molar-refractivity contribution >= 4 is 11.6 Å². The minimum absolute atomic E-state index is 0.271. The zero-order chi connectivity index (χ0) is 19.9. The van der Waals surface area contributed by atoms with Gasteiger partial charge in [0.1, 0.15) is 0 Å². The van der Waals surface area contributed by atoms with Gasteiger partial charge in [0.25, 0.3) is 0 Å². The molecule has 0 aromatic heterocycles. The van der Waals surface area contributed by atoms with Crippen molar-refractivity contribution in [1.82, 2.24) is 4.90 Å². The minimum atomic E-state index is 0.271. The standard InChI is InChI=1S/C23H32N4O/c1-4-19-8-7-11-22(12-19)26-23(24)25-13-20-9-5-6-10-21(20)16-27-14-17(2)28-18(3)15-27/h5-12,17-18H,4,13-16H2,1-3H3,(H3,24,25,26). The maximum Gasteiger partial charge on any atom is 0.193 e. The van der Waals surface area contributed by atoms with Crippen LogP contribution >= 0.6 is 0 Å². The smallest absolute Gasteiger partial charge is 0.193 e. The average Bonchev–Trinajstić information content (AvgIpc) is 2.66. The summed E-state index contributed by atoms with van der Waals surface area (Å²) < 4.78 is 5.85. The van der Waals surface area contributed by atoms with Gasteiger partial charge in [-0.15, -0.1) is 0 Å². The zero-order valence-electron chi connectivity index (χ0n) is 17.2. The molecule has 0 aliphatic carbocycles. The predicted octanol–water partition coefficient (Wildman–Crippen LogP) is 3.79. The summed E-state index contributed by atoms with van der Waals surface area (Å²) in [6.07, 6.45) is 1.54. The van der Waals surface area contributed by atoms with Gasteiger partial charge in [-0.25, -0.2) is 4.99 Å². The lowest BCUT2D eigenvalue weighted by atomic mass is 10.1. The van der Waals surface area contributed by atoms with Crippen LogP contribution < -0.4 is 11.1 Å². The first-order valence-corrected chi connectivity index (χ1v) is 10.1. The van der Waals surface area contributed by atoms with Crippen LogP contribution in [0.15, 0.2) is 53.5 Å². The third-order valence-corrected chi connectivity index (χ3v) is 5.03. The van der Waals surface area contributed by atoms with Crippen LogP contribution in [0.3, 0.4) is 0 Å². The van der Waals surface area contributed by atoms with E-state index >= 15 is 0 Å². The van der Waals surface area contributed by atoms with E-state index in [0.717, 1.165) is 31.7 Å². The molecule has 0 bridgehead atoms. The van der Waals surface area contributed by atoms with Crippen LogP contribution in [-0.2, 0) is 24.2 Å². The van der Waals surface area contributed by atoms with Crippen molar-refractivity contribution < 1.29 is 4.74 Å². The number of hydrogen-bond donors (Lipinski definition) is 2. The molecule has 5 nitrogen and oxygen atoms in total. The average molecular weight is 381 g/mol. The Kier molecular flexibility index (Phi) is 7.06. The first-order chi connectivity index (χ1) is 13.5. The van der Waals surface area contributed by atoms with E-state index in [1.54, 1.807) is 0 Å². The van der Waals surface area contributed by atoms with Gasteiger partial charge in [-0.2, -0.15) is 0 Å². The number of nitrogens with two attached hydrogens (primary N) is 1. The zero-order valence-corrected chi connectivity index (χ0v) is 17.2. The van der Waals surface area contributed by atoms with Gasteiger partial charge < -0.3 is 15.8 Å². The summed E-state index contributed by atoms with van der Waals surface area (Å²) in [6, 6.07) is 16.7. The van der Waals surface area contributed by atoms with E-state index in [9.17, 15) is 0 Å².